The summed E-state index contributed by atoms with van der Waals surface area (Å²) in [6.45, 7) is 2.04. The number of rotatable bonds is 6. The molecule has 3 heterocycles. The van der Waals surface area contributed by atoms with Crippen LogP contribution in [0.2, 0.25) is 0 Å². The molecule has 1 unspecified atom stereocenters. The first-order valence-electron chi connectivity index (χ1n) is 10.0. The molecule has 5 rings (SSSR count). The maximum absolute atomic E-state index is 13.0. The molecule has 146 valence electrons. The molecule has 1 saturated carbocycles. The monoisotopic (exact) mass is 396 g/mol. The molecule has 2 aliphatic rings. The normalized spacial score (nSPS) is 20.2. The molecule has 1 atom stereocenters. The van der Waals surface area contributed by atoms with Gasteiger partial charge in [0.25, 0.3) is 5.56 Å². The maximum Gasteiger partial charge on any atom is 0.261 e. The molecule has 7 heteroatoms. The van der Waals surface area contributed by atoms with Crippen molar-refractivity contribution in [2.24, 2.45) is 0 Å². The second-order valence-electron chi connectivity index (χ2n) is 7.74. The molecule has 0 spiro atoms. The van der Waals surface area contributed by atoms with Gasteiger partial charge in [-0.1, -0.05) is 12.1 Å². The largest absolute Gasteiger partial charge is 0.395 e. The van der Waals surface area contributed by atoms with Gasteiger partial charge >= 0.3 is 0 Å². The number of hydrogen-bond donors (Lipinski definition) is 1. The number of para-hydroxylation sites is 1. The van der Waals surface area contributed by atoms with Crippen LogP contribution >= 0.6 is 11.3 Å². The highest BCUT2D eigenvalue weighted by Gasteiger charge is 2.32. The van der Waals surface area contributed by atoms with Crippen molar-refractivity contribution in [2.45, 2.75) is 50.7 Å². The van der Waals surface area contributed by atoms with Gasteiger partial charge < -0.3 is 5.11 Å². The molecular weight excluding hydrogens is 372 g/mol. The standard InChI is InChI=1S/C21H24N4O2S/c26-11-10-25-19(23-17-5-2-1-4-16(17)21(25)27)18-6-3-9-24(18)13-15-12-22-20(28-15)14-7-8-14/h1-2,4-5,12,14,18,26H,3,6-11,13H2. The lowest BCUT2D eigenvalue weighted by Gasteiger charge is -2.26. The first-order valence-corrected chi connectivity index (χ1v) is 10.8. The van der Waals surface area contributed by atoms with E-state index in [1.54, 1.807) is 4.57 Å². The van der Waals surface area contributed by atoms with E-state index in [1.165, 1.54) is 22.7 Å². The molecule has 0 bridgehead atoms. The molecule has 28 heavy (non-hydrogen) atoms. The van der Waals surface area contributed by atoms with Crippen molar-refractivity contribution in [2.75, 3.05) is 13.2 Å². The Kier molecular flexibility index (Phi) is 4.74. The van der Waals surface area contributed by atoms with E-state index in [2.05, 4.69) is 9.88 Å². The SMILES string of the molecule is O=c1c2ccccc2nc(C2CCCN2Cc2cnc(C3CC3)s2)n1CCO. The van der Waals surface area contributed by atoms with Gasteiger partial charge in [0.05, 0.1) is 35.1 Å². The summed E-state index contributed by atoms with van der Waals surface area (Å²) >= 11 is 1.83. The molecule has 1 aliphatic carbocycles. The molecular formula is C21H24N4O2S. The molecule has 1 saturated heterocycles. The Balaban J connectivity index is 1.50. The molecule has 1 N–H and O–H groups in total. The van der Waals surface area contributed by atoms with Crippen LogP contribution in [0.3, 0.4) is 0 Å². The van der Waals surface area contributed by atoms with E-state index in [0.717, 1.165) is 37.3 Å². The van der Waals surface area contributed by atoms with Crippen molar-refractivity contribution in [1.29, 1.82) is 0 Å². The second-order valence-corrected chi connectivity index (χ2v) is 8.88. The minimum Gasteiger partial charge on any atom is -0.395 e. The summed E-state index contributed by atoms with van der Waals surface area (Å²) in [5, 5.41) is 11.4. The fourth-order valence-corrected chi connectivity index (χ4v) is 5.29. The number of likely N-dealkylation sites (tertiary alicyclic amines) is 1. The molecule has 1 aliphatic heterocycles. The lowest BCUT2D eigenvalue weighted by atomic mass is 10.1. The number of fused-ring (bicyclic) bond motifs is 1. The lowest BCUT2D eigenvalue weighted by molar-refractivity contribution is 0.224. The van der Waals surface area contributed by atoms with Crippen molar-refractivity contribution in [3.63, 3.8) is 0 Å². The minimum atomic E-state index is -0.0702. The van der Waals surface area contributed by atoms with E-state index < -0.39 is 0 Å². The van der Waals surface area contributed by atoms with Crippen LogP contribution in [0.1, 0.15) is 53.4 Å². The van der Waals surface area contributed by atoms with Gasteiger partial charge in [0.2, 0.25) is 0 Å². The Hall–Kier alpha value is -2.09. The van der Waals surface area contributed by atoms with Crippen molar-refractivity contribution in [3.05, 3.63) is 56.5 Å². The number of hydrogen-bond acceptors (Lipinski definition) is 6. The van der Waals surface area contributed by atoms with Crippen LogP contribution in [-0.4, -0.2) is 37.7 Å². The van der Waals surface area contributed by atoms with Gasteiger partial charge in [-0.15, -0.1) is 11.3 Å². The topological polar surface area (TPSA) is 71.2 Å². The summed E-state index contributed by atoms with van der Waals surface area (Å²) in [5.41, 5.74) is 0.674. The van der Waals surface area contributed by atoms with E-state index in [1.807, 2.05) is 41.8 Å². The molecule has 2 fully saturated rings. The van der Waals surface area contributed by atoms with E-state index in [9.17, 15) is 9.90 Å². The number of nitrogens with zero attached hydrogens (tertiary/aromatic N) is 4. The van der Waals surface area contributed by atoms with Gasteiger partial charge in [0.1, 0.15) is 5.82 Å². The van der Waals surface area contributed by atoms with E-state index in [-0.39, 0.29) is 24.8 Å². The molecule has 2 aromatic heterocycles. The average Bonchev–Trinajstić information content (AvgIpc) is 3.28. The zero-order valence-corrected chi connectivity index (χ0v) is 16.6. The van der Waals surface area contributed by atoms with Crippen LogP contribution in [0.15, 0.2) is 35.3 Å². The molecule has 0 radical (unpaired) electrons. The first kappa shape index (κ1) is 18.0. The average molecular weight is 397 g/mol. The fraction of sp³-hybridized carbons (Fsp3) is 0.476. The van der Waals surface area contributed by atoms with E-state index in [0.29, 0.717) is 11.3 Å². The van der Waals surface area contributed by atoms with Crippen LogP contribution in [-0.2, 0) is 13.1 Å². The number of aliphatic hydroxyl groups is 1. The molecule has 6 nitrogen and oxygen atoms in total. The zero-order valence-electron chi connectivity index (χ0n) is 15.8. The minimum absolute atomic E-state index is 0.0599. The van der Waals surface area contributed by atoms with E-state index in [4.69, 9.17) is 4.98 Å². The quantitative estimate of drug-likeness (QED) is 0.693. The van der Waals surface area contributed by atoms with Crippen LogP contribution in [0.5, 0.6) is 0 Å². The lowest BCUT2D eigenvalue weighted by Crippen LogP contribution is -2.32. The maximum atomic E-state index is 13.0. The Morgan fingerprint density at radius 3 is 2.89 bits per heavy atom. The van der Waals surface area contributed by atoms with Gasteiger partial charge in [0, 0.05) is 23.5 Å². The summed E-state index contributed by atoms with van der Waals surface area (Å²) in [6.07, 6.45) is 6.62. The number of aromatic nitrogens is 3. The first-order chi connectivity index (χ1) is 13.7. The highest BCUT2D eigenvalue weighted by molar-refractivity contribution is 7.11. The van der Waals surface area contributed by atoms with Gasteiger partial charge in [0.15, 0.2) is 0 Å². The van der Waals surface area contributed by atoms with Crippen LogP contribution in [0.25, 0.3) is 10.9 Å². The summed E-state index contributed by atoms with van der Waals surface area (Å²) in [5.74, 6) is 1.46. The Morgan fingerprint density at radius 1 is 1.21 bits per heavy atom. The summed E-state index contributed by atoms with van der Waals surface area (Å²) in [7, 11) is 0. The van der Waals surface area contributed by atoms with Crippen molar-refractivity contribution >= 4 is 22.2 Å². The Bertz CT molecular complexity index is 1060. The van der Waals surface area contributed by atoms with Crippen molar-refractivity contribution in [3.8, 4) is 0 Å². The second kappa shape index (κ2) is 7.39. The third-order valence-electron chi connectivity index (χ3n) is 5.73. The zero-order chi connectivity index (χ0) is 19.1. The van der Waals surface area contributed by atoms with Gasteiger partial charge in [-0.05, 0) is 44.4 Å². The van der Waals surface area contributed by atoms with Gasteiger partial charge in [-0.25, -0.2) is 9.97 Å². The van der Waals surface area contributed by atoms with Crippen molar-refractivity contribution in [1.82, 2.24) is 19.4 Å². The predicted octanol–water partition coefficient (Wildman–Crippen LogP) is 3.06. The number of aliphatic hydroxyl groups excluding tert-OH is 1. The van der Waals surface area contributed by atoms with E-state index >= 15 is 0 Å². The van der Waals surface area contributed by atoms with Crippen LogP contribution in [0, 0.1) is 0 Å². The third kappa shape index (κ3) is 3.27. The molecule has 0 amide bonds. The van der Waals surface area contributed by atoms with Crippen LogP contribution in [0.4, 0.5) is 0 Å². The third-order valence-corrected chi connectivity index (χ3v) is 6.88. The number of thiazole rings is 1. The summed E-state index contributed by atoms with van der Waals surface area (Å²) < 4.78 is 1.67. The predicted molar refractivity (Wildman–Crippen MR) is 110 cm³/mol. The van der Waals surface area contributed by atoms with Crippen molar-refractivity contribution < 1.29 is 5.11 Å². The van der Waals surface area contributed by atoms with Gasteiger partial charge in [-0.2, -0.15) is 0 Å². The van der Waals surface area contributed by atoms with Crippen LogP contribution < -0.4 is 5.56 Å². The molecule has 3 aromatic rings. The van der Waals surface area contributed by atoms with Gasteiger partial charge in [-0.3, -0.25) is 14.3 Å². The summed E-state index contributed by atoms with van der Waals surface area (Å²) in [4.78, 5) is 26.2. The molecule has 1 aromatic carbocycles. The Labute approximate surface area is 167 Å². The number of benzene rings is 1. The summed E-state index contributed by atoms with van der Waals surface area (Å²) in [6, 6.07) is 7.57. The Morgan fingerprint density at radius 2 is 2.07 bits per heavy atom. The highest BCUT2D eigenvalue weighted by Crippen LogP contribution is 2.42. The fourth-order valence-electron chi connectivity index (χ4n) is 4.18. The highest BCUT2D eigenvalue weighted by atomic mass is 32.1. The smallest absolute Gasteiger partial charge is 0.261 e.